The molecule has 3 N–H and O–H groups in total. The van der Waals surface area contributed by atoms with Crippen LogP contribution in [0.3, 0.4) is 0 Å². The summed E-state index contributed by atoms with van der Waals surface area (Å²) in [7, 11) is 0. The smallest absolute Gasteiger partial charge is 0.147 e. The molecule has 156 valence electrons. The molecule has 1 unspecified atom stereocenters. The van der Waals surface area contributed by atoms with E-state index in [9.17, 15) is 13.9 Å². The third kappa shape index (κ3) is 4.68. The van der Waals surface area contributed by atoms with E-state index in [0.29, 0.717) is 24.6 Å². The predicted molar refractivity (Wildman–Crippen MR) is 110 cm³/mol. The number of piperidine rings is 1. The second kappa shape index (κ2) is 8.64. The van der Waals surface area contributed by atoms with E-state index in [1.54, 1.807) is 0 Å². The zero-order valence-corrected chi connectivity index (χ0v) is 16.5. The number of aliphatic hydroxyl groups is 1. The van der Waals surface area contributed by atoms with Crippen LogP contribution in [0.1, 0.15) is 6.42 Å². The van der Waals surface area contributed by atoms with Gasteiger partial charge >= 0.3 is 0 Å². The molecular weight excluding hydrogens is 402 g/mol. The number of anilines is 4. The normalized spacial score (nSPS) is 22.6. The summed E-state index contributed by atoms with van der Waals surface area (Å²) in [6.45, 7) is 3.99. The van der Waals surface area contributed by atoms with E-state index >= 15 is 0 Å². The van der Waals surface area contributed by atoms with Gasteiger partial charge in [-0.2, -0.15) is 0 Å². The van der Waals surface area contributed by atoms with Gasteiger partial charge in [0.2, 0.25) is 0 Å². The molecule has 7 nitrogen and oxygen atoms in total. The average Bonchev–Trinajstić information content (AvgIpc) is 2.73. The molecule has 4 heterocycles. The predicted octanol–water partition coefficient (Wildman–Crippen LogP) is 2.33. The van der Waals surface area contributed by atoms with Gasteiger partial charge in [0.1, 0.15) is 29.4 Å². The zero-order valence-electron chi connectivity index (χ0n) is 15.8. The van der Waals surface area contributed by atoms with Crippen LogP contribution in [0.4, 0.5) is 31.9 Å². The van der Waals surface area contributed by atoms with Crippen LogP contribution in [-0.2, 0) is 0 Å². The molecule has 0 bridgehead atoms. The molecule has 10 heteroatoms. The highest BCUT2D eigenvalue weighted by Crippen LogP contribution is 2.29. The van der Waals surface area contributed by atoms with Crippen LogP contribution in [-0.4, -0.2) is 66.6 Å². The van der Waals surface area contributed by atoms with Crippen LogP contribution in [0.5, 0.6) is 0 Å². The van der Waals surface area contributed by atoms with Gasteiger partial charge in [0.25, 0.3) is 0 Å². The minimum atomic E-state index is -1.32. The summed E-state index contributed by atoms with van der Waals surface area (Å²) in [6, 6.07) is 5.00. The van der Waals surface area contributed by atoms with Gasteiger partial charge in [0.15, 0.2) is 0 Å². The maximum atomic E-state index is 14.1. The maximum absolute atomic E-state index is 14.1. The minimum Gasteiger partial charge on any atom is -0.390 e. The van der Waals surface area contributed by atoms with Crippen molar-refractivity contribution in [1.82, 2.24) is 15.3 Å². The van der Waals surface area contributed by atoms with Crippen LogP contribution in [0.15, 0.2) is 24.4 Å². The Morgan fingerprint density at radius 1 is 1.14 bits per heavy atom. The number of rotatable bonds is 4. The first-order valence-electron chi connectivity index (χ1n) is 9.62. The minimum absolute atomic E-state index is 0.0559. The number of pyridine rings is 2. The van der Waals surface area contributed by atoms with E-state index in [1.165, 1.54) is 12.3 Å². The second-order valence-corrected chi connectivity index (χ2v) is 7.64. The Kier molecular flexibility index (Phi) is 5.98. The van der Waals surface area contributed by atoms with Crippen molar-refractivity contribution >= 4 is 34.7 Å². The SMILES string of the molecule is OC1CCN(c2cc(N3CCNCC3)cc(Nc3cc(F)c(Cl)cn3)n2)C[C@H]1F. The molecule has 4 rings (SSSR count). The number of alkyl halides is 1. The van der Waals surface area contributed by atoms with Crippen LogP contribution < -0.4 is 20.4 Å². The molecule has 2 aliphatic rings. The van der Waals surface area contributed by atoms with E-state index < -0.39 is 18.1 Å². The van der Waals surface area contributed by atoms with E-state index in [4.69, 9.17) is 11.6 Å². The first-order valence-corrected chi connectivity index (χ1v) is 10.0. The summed E-state index contributed by atoms with van der Waals surface area (Å²) in [5.74, 6) is 0.785. The van der Waals surface area contributed by atoms with Crippen LogP contribution in [0.25, 0.3) is 0 Å². The van der Waals surface area contributed by atoms with Crippen molar-refractivity contribution < 1.29 is 13.9 Å². The Hall–Kier alpha value is -2.23. The van der Waals surface area contributed by atoms with Crippen molar-refractivity contribution in [3.63, 3.8) is 0 Å². The monoisotopic (exact) mass is 424 g/mol. The molecule has 2 aromatic heterocycles. The summed E-state index contributed by atoms with van der Waals surface area (Å²) >= 11 is 5.71. The van der Waals surface area contributed by atoms with Gasteiger partial charge in [-0.15, -0.1) is 0 Å². The van der Waals surface area contributed by atoms with Crippen LogP contribution in [0, 0.1) is 5.82 Å². The summed E-state index contributed by atoms with van der Waals surface area (Å²) < 4.78 is 27.9. The van der Waals surface area contributed by atoms with Crippen LogP contribution in [0.2, 0.25) is 5.02 Å². The van der Waals surface area contributed by atoms with Crippen molar-refractivity contribution in [2.75, 3.05) is 54.4 Å². The lowest BCUT2D eigenvalue weighted by Gasteiger charge is -2.35. The molecule has 2 fully saturated rings. The molecular formula is C19H23ClF2N6O. The summed E-state index contributed by atoms with van der Waals surface area (Å²) in [5, 5.41) is 16.0. The largest absolute Gasteiger partial charge is 0.390 e. The van der Waals surface area contributed by atoms with E-state index in [-0.39, 0.29) is 17.4 Å². The second-order valence-electron chi connectivity index (χ2n) is 7.23. The molecule has 0 aliphatic carbocycles. The third-order valence-electron chi connectivity index (χ3n) is 5.17. The van der Waals surface area contributed by atoms with Gasteiger partial charge in [-0.3, -0.25) is 0 Å². The third-order valence-corrected chi connectivity index (χ3v) is 5.45. The number of hydrogen-bond acceptors (Lipinski definition) is 7. The Labute approximate surface area is 172 Å². The number of aromatic nitrogens is 2. The average molecular weight is 425 g/mol. The number of nitrogens with zero attached hydrogens (tertiary/aromatic N) is 4. The quantitative estimate of drug-likeness (QED) is 0.695. The Morgan fingerprint density at radius 3 is 2.66 bits per heavy atom. The lowest BCUT2D eigenvalue weighted by atomic mass is 10.1. The van der Waals surface area contributed by atoms with Gasteiger partial charge in [0, 0.05) is 56.6 Å². The molecule has 0 amide bonds. The Bertz CT molecular complexity index is 867. The summed E-state index contributed by atoms with van der Waals surface area (Å²) in [5.41, 5.74) is 0.940. The van der Waals surface area contributed by atoms with Crippen LogP contribution >= 0.6 is 11.6 Å². The van der Waals surface area contributed by atoms with Crippen molar-refractivity contribution in [3.8, 4) is 0 Å². The Balaban J connectivity index is 1.64. The first-order chi connectivity index (χ1) is 14.0. The summed E-state index contributed by atoms with van der Waals surface area (Å²) in [6.07, 6.45) is -0.689. The molecule has 2 aromatic rings. The van der Waals surface area contributed by atoms with Crippen molar-refractivity contribution in [2.45, 2.75) is 18.7 Å². The van der Waals surface area contributed by atoms with Gasteiger partial charge in [-0.25, -0.2) is 18.7 Å². The topological polar surface area (TPSA) is 76.6 Å². The molecule has 0 radical (unpaired) electrons. The van der Waals surface area contributed by atoms with Gasteiger partial charge < -0.3 is 25.5 Å². The number of nitrogens with one attached hydrogen (secondary N) is 2. The van der Waals surface area contributed by atoms with Gasteiger partial charge in [0.05, 0.1) is 23.9 Å². The van der Waals surface area contributed by atoms with Gasteiger partial charge in [-0.1, -0.05) is 11.6 Å². The number of aliphatic hydroxyl groups excluding tert-OH is 1. The fourth-order valence-electron chi connectivity index (χ4n) is 3.55. The Morgan fingerprint density at radius 2 is 1.93 bits per heavy atom. The molecule has 0 saturated carbocycles. The zero-order chi connectivity index (χ0) is 20.4. The highest BCUT2D eigenvalue weighted by molar-refractivity contribution is 6.30. The molecule has 2 saturated heterocycles. The maximum Gasteiger partial charge on any atom is 0.147 e. The number of piperazine rings is 1. The lowest BCUT2D eigenvalue weighted by molar-refractivity contribution is 0.0614. The van der Waals surface area contributed by atoms with E-state index in [0.717, 1.165) is 31.9 Å². The highest BCUT2D eigenvalue weighted by atomic mass is 35.5. The van der Waals surface area contributed by atoms with E-state index in [2.05, 4.69) is 25.5 Å². The lowest BCUT2D eigenvalue weighted by Crippen LogP contribution is -2.45. The van der Waals surface area contributed by atoms with Crippen molar-refractivity contribution in [1.29, 1.82) is 0 Å². The molecule has 29 heavy (non-hydrogen) atoms. The highest BCUT2D eigenvalue weighted by Gasteiger charge is 2.29. The summed E-state index contributed by atoms with van der Waals surface area (Å²) in [4.78, 5) is 12.7. The fourth-order valence-corrected chi connectivity index (χ4v) is 3.65. The molecule has 2 aliphatic heterocycles. The molecule has 0 spiro atoms. The first kappa shape index (κ1) is 20.1. The standard InChI is InChI=1S/C19H23ClF2N6O/c20-13-10-24-17(9-14(13)21)25-18-7-12(27-5-2-23-3-6-27)8-19(26-18)28-4-1-16(29)15(22)11-28/h7-10,15-16,23,29H,1-6,11H2,(H,24,25,26)/t15-,16?/m1/s1. The van der Waals surface area contributed by atoms with Gasteiger partial charge in [-0.05, 0) is 6.42 Å². The van der Waals surface area contributed by atoms with Crippen molar-refractivity contribution in [3.05, 3.63) is 35.2 Å². The number of hydrogen-bond donors (Lipinski definition) is 3. The molecule has 2 atom stereocenters. The van der Waals surface area contributed by atoms with E-state index in [1.807, 2.05) is 17.0 Å². The number of halogens is 3. The van der Waals surface area contributed by atoms with Crippen molar-refractivity contribution in [2.24, 2.45) is 0 Å². The molecule has 0 aromatic carbocycles. The fraction of sp³-hybridized carbons (Fsp3) is 0.474.